The van der Waals surface area contributed by atoms with Crippen LogP contribution < -0.4 is 14.8 Å². The SMILES string of the molecule is Cc1c([C@H](C)N[C@H](C)c2ccc3c(c2)OCO3)nnn1-c1cccc(Cl)c1. The van der Waals surface area contributed by atoms with Crippen LogP contribution >= 0.6 is 11.6 Å². The van der Waals surface area contributed by atoms with Crippen molar-refractivity contribution in [2.24, 2.45) is 0 Å². The van der Waals surface area contributed by atoms with Gasteiger partial charge in [-0.15, -0.1) is 5.10 Å². The number of halogens is 1. The zero-order valence-corrected chi connectivity index (χ0v) is 16.2. The molecule has 3 aromatic rings. The van der Waals surface area contributed by atoms with Crippen molar-refractivity contribution in [1.82, 2.24) is 20.3 Å². The largest absolute Gasteiger partial charge is 0.454 e. The van der Waals surface area contributed by atoms with Crippen LogP contribution in [0.25, 0.3) is 5.69 Å². The highest BCUT2D eigenvalue weighted by molar-refractivity contribution is 6.30. The quantitative estimate of drug-likeness (QED) is 0.707. The second kappa shape index (κ2) is 7.21. The lowest BCUT2D eigenvalue weighted by atomic mass is 10.1. The van der Waals surface area contributed by atoms with Crippen molar-refractivity contribution in [2.75, 3.05) is 6.79 Å². The minimum Gasteiger partial charge on any atom is -0.454 e. The van der Waals surface area contributed by atoms with Gasteiger partial charge >= 0.3 is 0 Å². The molecule has 0 spiro atoms. The fourth-order valence-corrected chi connectivity index (χ4v) is 3.51. The van der Waals surface area contributed by atoms with E-state index >= 15 is 0 Å². The van der Waals surface area contributed by atoms with Crippen molar-refractivity contribution in [2.45, 2.75) is 32.9 Å². The fraction of sp³-hybridized carbons (Fsp3) is 0.300. The van der Waals surface area contributed by atoms with E-state index in [4.69, 9.17) is 21.1 Å². The summed E-state index contributed by atoms with van der Waals surface area (Å²) in [5.74, 6) is 1.58. The number of hydrogen-bond acceptors (Lipinski definition) is 5. The van der Waals surface area contributed by atoms with Crippen molar-refractivity contribution in [3.8, 4) is 17.2 Å². The van der Waals surface area contributed by atoms with Crippen molar-refractivity contribution >= 4 is 11.6 Å². The van der Waals surface area contributed by atoms with Gasteiger partial charge in [0.15, 0.2) is 11.5 Å². The summed E-state index contributed by atoms with van der Waals surface area (Å²) in [7, 11) is 0. The molecule has 2 aromatic carbocycles. The number of fused-ring (bicyclic) bond motifs is 1. The number of hydrogen-bond donors (Lipinski definition) is 1. The van der Waals surface area contributed by atoms with Crippen molar-refractivity contribution < 1.29 is 9.47 Å². The van der Waals surface area contributed by atoms with Gasteiger partial charge in [0, 0.05) is 11.1 Å². The standard InChI is InChI=1S/C20H21ClN4O2/c1-12(15-7-8-18-19(9-15)27-11-26-18)22-13(2)20-14(3)25(24-23-20)17-6-4-5-16(21)10-17/h4-10,12-13,22H,11H2,1-3H3/t12-,13+/m1/s1. The summed E-state index contributed by atoms with van der Waals surface area (Å²) in [5.41, 5.74) is 3.92. The normalized spacial score (nSPS) is 15.0. The lowest BCUT2D eigenvalue weighted by molar-refractivity contribution is 0.174. The van der Waals surface area contributed by atoms with E-state index in [1.807, 2.05) is 54.1 Å². The van der Waals surface area contributed by atoms with Gasteiger partial charge in [-0.2, -0.15) is 0 Å². The molecule has 0 bridgehead atoms. The maximum Gasteiger partial charge on any atom is 0.231 e. The van der Waals surface area contributed by atoms with Gasteiger partial charge in [0.05, 0.1) is 17.4 Å². The minimum atomic E-state index is 0.0263. The third kappa shape index (κ3) is 3.50. The molecule has 1 aliphatic heterocycles. The molecule has 140 valence electrons. The lowest BCUT2D eigenvalue weighted by Crippen LogP contribution is -2.23. The van der Waals surface area contributed by atoms with Crippen LogP contribution in [-0.2, 0) is 0 Å². The highest BCUT2D eigenvalue weighted by Crippen LogP contribution is 2.34. The summed E-state index contributed by atoms with van der Waals surface area (Å²) in [5, 5.41) is 13.0. The average molecular weight is 385 g/mol. The zero-order valence-electron chi connectivity index (χ0n) is 15.4. The highest BCUT2D eigenvalue weighted by Gasteiger charge is 2.20. The molecule has 0 aliphatic carbocycles. The summed E-state index contributed by atoms with van der Waals surface area (Å²) in [4.78, 5) is 0. The Morgan fingerprint density at radius 3 is 2.70 bits per heavy atom. The van der Waals surface area contributed by atoms with Crippen LogP contribution in [0, 0.1) is 6.92 Å². The zero-order chi connectivity index (χ0) is 19.0. The molecular weight excluding hydrogens is 364 g/mol. The Hall–Kier alpha value is -2.57. The number of nitrogens with zero attached hydrogens (tertiary/aromatic N) is 3. The third-order valence-electron chi connectivity index (χ3n) is 4.79. The average Bonchev–Trinajstić information content (AvgIpc) is 3.27. The van der Waals surface area contributed by atoms with Crippen LogP contribution in [0.1, 0.15) is 42.9 Å². The van der Waals surface area contributed by atoms with Crippen molar-refractivity contribution in [3.63, 3.8) is 0 Å². The topological polar surface area (TPSA) is 61.2 Å². The predicted molar refractivity (Wildman–Crippen MR) is 104 cm³/mol. The molecule has 1 aromatic heterocycles. The smallest absolute Gasteiger partial charge is 0.231 e. The molecule has 0 fully saturated rings. The second-order valence-electron chi connectivity index (χ2n) is 6.67. The number of nitrogens with one attached hydrogen (secondary N) is 1. The second-order valence-corrected chi connectivity index (χ2v) is 7.11. The van der Waals surface area contributed by atoms with E-state index in [9.17, 15) is 0 Å². The first kappa shape index (κ1) is 17.8. The number of aromatic nitrogens is 3. The van der Waals surface area contributed by atoms with E-state index < -0.39 is 0 Å². The van der Waals surface area contributed by atoms with Crippen LogP contribution in [-0.4, -0.2) is 21.8 Å². The van der Waals surface area contributed by atoms with Crippen LogP contribution in [0.5, 0.6) is 11.5 Å². The van der Waals surface area contributed by atoms with E-state index in [1.54, 1.807) is 0 Å². The fourth-order valence-electron chi connectivity index (χ4n) is 3.33. The first-order chi connectivity index (χ1) is 13.0. The highest BCUT2D eigenvalue weighted by atomic mass is 35.5. The number of rotatable bonds is 5. The molecule has 7 heteroatoms. The van der Waals surface area contributed by atoms with Crippen LogP contribution in [0.3, 0.4) is 0 Å². The van der Waals surface area contributed by atoms with Gasteiger partial charge in [-0.25, -0.2) is 4.68 Å². The molecule has 1 N–H and O–H groups in total. The molecule has 27 heavy (non-hydrogen) atoms. The third-order valence-corrected chi connectivity index (χ3v) is 5.02. The predicted octanol–water partition coefficient (Wildman–Crippen LogP) is 4.37. The lowest BCUT2D eigenvalue weighted by Gasteiger charge is -2.20. The molecule has 0 unspecified atom stereocenters. The van der Waals surface area contributed by atoms with E-state index in [0.717, 1.165) is 34.1 Å². The van der Waals surface area contributed by atoms with Crippen LogP contribution in [0.4, 0.5) is 0 Å². The summed E-state index contributed by atoms with van der Waals surface area (Å²) >= 11 is 6.10. The minimum absolute atomic E-state index is 0.0263. The van der Waals surface area contributed by atoms with Crippen LogP contribution in [0.15, 0.2) is 42.5 Å². The molecule has 6 nitrogen and oxygen atoms in total. The molecule has 0 amide bonds. The Morgan fingerprint density at radius 1 is 1.07 bits per heavy atom. The summed E-state index contributed by atoms with van der Waals surface area (Å²) < 4.78 is 12.7. The molecule has 1 aliphatic rings. The van der Waals surface area contributed by atoms with Gasteiger partial charge in [0.2, 0.25) is 6.79 Å². The Kier molecular flexibility index (Phi) is 4.76. The van der Waals surface area contributed by atoms with Gasteiger partial charge in [0.1, 0.15) is 5.69 Å². The van der Waals surface area contributed by atoms with Crippen molar-refractivity contribution in [1.29, 1.82) is 0 Å². The monoisotopic (exact) mass is 384 g/mol. The maximum absolute atomic E-state index is 6.10. The Balaban J connectivity index is 1.52. The molecular formula is C20H21ClN4O2. The summed E-state index contributed by atoms with van der Waals surface area (Å²) in [6.07, 6.45) is 0. The maximum atomic E-state index is 6.10. The van der Waals surface area contributed by atoms with E-state index in [1.165, 1.54) is 0 Å². The van der Waals surface area contributed by atoms with E-state index in [2.05, 4.69) is 29.5 Å². The van der Waals surface area contributed by atoms with Crippen LogP contribution in [0.2, 0.25) is 5.02 Å². The molecule has 0 saturated heterocycles. The summed E-state index contributed by atoms with van der Waals surface area (Å²) in [6, 6.07) is 13.7. The van der Waals surface area contributed by atoms with Gasteiger partial charge in [-0.1, -0.05) is 28.9 Å². The van der Waals surface area contributed by atoms with Gasteiger partial charge < -0.3 is 14.8 Å². The van der Waals surface area contributed by atoms with Gasteiger partial charge in [-0.05, 0) is 56.7 Å². The number of benzene rings is 2. The van der Waals surface area contributed by atoms with Crippen molar-refractivity contribution in [3.05, 3.63) is 64.4 Å². The van der Waals surface area contributed by atoms with Gasteiger partial charge in [0.25, 0.3) is 0 Å². The Labute approximate surface area is 163 Å². The Bertz CT molecular complexity index is 972. The van der Waals surface area contributed by atoms with E-state index in [-0.39, 0.29) is 18.9 Å². The first-order valence-electron chi connectivity index (χ1n) is 8.86. The molecule has 2 heterocycles. The molecule has 0 saturated carbocycles. The summed E-state index contributed by atoms with van der Waals surface area (Å²) in [6.45, 7) is 6.50. The molecule has 4 rings (SSSR count). The van der Waals surface area contributed by atoms with E-state index in [0.29, 0.717) is 5.02 Å². The number of ether oxygens (including phenoxy) is 2. The Morgan fingerprint density at radius 2 is 1.89 bits per heavy atom. The first-order valence-corrected chi connectivity index (χ1v) is 9.24. The van der Waals surface area contributed by atoms with Gasteiger partial charge in [-0.3, -0.25) is 0 Å². The molecule has 2 atom stereocenters. The molecule has 0 radical (unpaired) electrons.